The lowest BCUT2D eigenvalue weighted by Crippen LogP contribution is -2.19. The zero-order valence-electron chi connectivity index (χ0n) is 8.09. The standard InChI is InChI=1S/C11H12FNO/c1-8-10-4-3-9(12)7-11(10)14-6-5-13(8)2/h3-4,7H,1,5-6H2,2H3. The SMILES string of the molecule is C=C1c2ccc(F)cc2OCCN1C. The van der Waals surface area contributed by atoms with Crippen molar-refractivity contribution in [1.29, 1.82) is 0 Å². The monoisotopic (exact) mass is 193 g/mol. The quantitative estimate of drug-likeness (QED) is 0.625. The molecule has 0 aromatic heterocycles. The molecule has 2 nitrogen and oxygen atoms in total. The molecule has 0 radical (unpaired) electrons. The van der Waals surface area contributed by atoms with Gasteiger partial charge < -0.3 is 9.64 Å². The summed E-state index contributed by atoms with van der Waals surface area (Å²) in [5.74, 6) is 0.306. The molecule has 0 unspecified atom stereocenters. The Bertz CT molecular complexity index is 376. The molecule has 0 saturated heterocycles. The molecule has 0 spiro atoms. The highest BCUT2D eigenvalue weighted by molar-refractivity contribution is 5.67. The summed E-state index contributed by atoms with van der Waals surface area (Å²) in [7, 11) is 1.95. The molecule has 0 N–H and O–H groups in total. The van der Waals surface area contributed by atoms with Gasteiger partial charge in [-0.25, -0.2) is 4.39 Å². The van der Waals surface area contributed by atoms with Crippen molar-refractivity contribution >= 4 is 5.70 Å². The Balaban J connectivity index is 2.48. The van der Waals surface area contributed by atoms with Gasteiger partial charge in [0, 0.05) is 24.4 Å². The van der Waals surface area contributed by atoms with E-state index in [1.54, 1.807) is 6.07 Å². The third-order valence-corrected chi connectivity index (χ3v) is 2.40. The first-order chi connectivity index (χ1) is 6.68. The lowest BCUT2D eigenvalue weighted by Gasteiger charge is -2.17. The Kier molecular flexibility index (Phi) is 2.15. The van der Waals surface area contributed by atoms with Crippen molar-refractivity contribution in [3.8, 4) is 5.75 Å². The molecule has 0 atom stereocenters. The molecule has 0 bridgehead atoms. The van der Waals surface area contributed by atoms with Crippen LogP contribution in [0, 0.1) is 5.82 Å². The molecule has 0 fully saturated rings. The smallest absolute Gasteiger partial charge is 0.131 e. The van der Waals surface area contributed by atoms with E-state index in [0.29, 0.717) is 12.4 Å². The molecule has 1 heterocycles. The van der Waals surface area contributed by atoms with Gasteiger partial charge in [0.15, 0.2) is 0 Å². The number of nitrogens with zero attached hydrogens (tertiary/aromatic N) is 1. The number of hydrogen-bond acceptors (Lipinski definition) is 2. The Morgan fingerprint density at radius 2 is 2.29 bits per heavy atom. The Morgan fingerprint density at radius 1 is 1.50 bits per heavy atom. The summed E-state index contributed by atoms with van der Waals surface area (Å²) >= 11 is 0. The average Bonchev–Trinajstić information content (AvgIpc) is 2.28. The molecular formula is C11H12FNO. The highest BCUT2D eigenvalue weighted by atomic mass is 19.1. The Morgan fingerprint density at radius 3 is 3.07 bits per heavy atom. The van der Waals surface area contributed by atoms with Gasteiger partial charge in [-0.3, -0.25) is 0 Å². The van der Waals surface area contributed by atoms with Gasteiger partial charge in [0.2, 0.25) is 0 Å². The van der Waals surface area contributed by atoms with Crippen LogP contribution in [-0.2, 0) is 0 Å². The number of rotatable bonds is 0. The highest BCUT2D eigenvalue weighted by Crippen LogP contribution is 2.29. The van der Waals surface area contributed by atoms with E-state index in [4.69, 9.17) is 4.74 Å². The van der Waals surface area contributed by atoms with Crippen LogP contribution in [0.1, 0.15) is 5.56 Å². The van der Waals surface area contributed by atoms with Crippen molar-refractivity contribution in [1.82, 2.24) is 4.90 Å². The lowest BCUT2D eigenvalue weighted by molar-refractivity contribution is 0.290. The summed E-state index contributed by atoms with van der Waals surface area (Å²) in [4.78, 5) is 2.00. The topological polar surface area (TPSA) is 12.5 Å². The van der Waals surface area contributed by atoms with Crippen LogP contribution in [0.3, 0.4) is 0 Å². The molecule has 0 amide bonds. The molecule has 2 rings (SSSR count). The van der Waals surface area contributed by atoms with Crippen LogP contribution in [0.25, 0.3) is 5.70 Å². The predicted octanol–water partition coefficient (Wildman–Crippen LogP) is 2.12. The van der Waals surface area contributed by atoms with Crippen molar-refractivity contribution < 1.29 is 9.13 Å². The maximum atomic E-state index is 12.9. The first-order valence-corrected chi connectivity index (χ1v) is 4.51. The number of fused-ring (bicyclic) bond motifs is 1. The number of hydrogen-bond donors (Lipinski definition) is 0. The number of halogens is 1. The van der Waals surface area contributed by atoms with Crippen molar-refractivity contribution in [2.24, 2.45) is 0 Å². The minimum atomic E-state index is -0.277. The molecule has 1 aliphatic heterocycles. The largest absolute Gasteiger partial charge is 0.491 e. The summed E-state index contributed by atoms with van der Waals surface area (Å²) in [5, 5.41) is 0. The van der Waals surface area contributed by atoms with Gasteiger partial charge in [-0.05, 0) is 12.1 Å². The van der Waals surface area contributed by atoms with E-state index < -0.39 is 0 Å². The van der Waals surface area contributed by atoms with Gasteiger partial charge in [0.05, 0.1) is 6.54 Å². The number of benzene rings is 1. The Hall–Kier alpha value is -1.51. The predicted molar refractivity (Wildman–Crippen MR) is 53.6 cm³/mol. The third-order valence-electron chi connectivity index (χ3n) is 2.40. The molecule has 14 heavy (non-hydrogen) atoms. The second-order valence-electron chi connectivity index (χ2n) is 3.36. The molecule has 0 aliphatic carbocycles. The van der Waals surface area contributed by atoms with E-state index in [2.05, 4.69) is 6.58 Å². The molecule has 0 saturated carbocycles. The number of likely N-dealkylation sites (N-methyl/N-ethyl adjacent to an activating group) is 1. The van der Waals surface area contributed by atoms with Gasteiger partial charge in [-0.15, -0.1) is 0 Å². The van der Waals surface area contributed by atoms with Crippen LogP contribution >= 0.6 is 0 Å². The minimum absolute atomic E-state index is 0.277. The van der Waals surface area contributed by atoms with Crippen LogP contribution in [0.2, 0.25) is 0 Å². The summed E-state index contributed by atoms with van der Waals surface area (Å²) in [6.07, 6.45) is 0. The van der Waals surface area contributed by atoms with Crippen LogP contribution in [0.15, 0.2) is 24.8 Å². The maximum absolute atomic E-state index is 12.9. The van der Waals surface area contributed by atoms with Crippen LogP contribution in [-0.4, -0.2) is 25.1 Å². The van der Waals surface area contributed by atoms with Crippen molar-refractivity contribution in [3.05, 3.63) is 36.2 Å². The third kappa shape index (κ3) is 1.45. The normalized spacial score (nSPS) is 15.9. The van der Waals surface area contributed by atoms with E-state index in [9.17, 15) is 4.39 Å². The molecular weight excluding hydrogens is 181 g/mol. The van der Waals surface area contributed by atoms with E-state index in [0.717, 1.165) is 17.8 Å². The zero-order chi connectivity index (χ0) is 10.1. The maximum Gasteiger partial charge on any atom is 0.131 e. The molecule has 1 aliphatic rings. The van der Waals surface area contributed by atoms with Crippen molar-refractivity contribution in [2.75, 3.05) is 20.2 Å². The molecule has 3 heteroatoms. The summed E-state index contributed by atoms with van der Waals surface area (Å²) in [5.41, 5.74) is 1.74. The fourth-order valence-electron chi connectivity index (χ4n) is 1.49. The van der Waals surface area contributed by atoms with Crippen LogP contribution < -0.4 is 4.74 Å². The fourth-order valence-corrected chi connectivity index (χ4v) is 1.49. The second-order valence-corrected chi connectivity index (χ2v) is 3.36. The van der Waals surface area contributed by atoms with Gasteiger partial charge in [-0.2, -0.15) is 0 Å². The molecule has 1 aromatic rings. The summed E-state index contributed by atoms with van der Waals surface area (Å²) < 4.78 is 18.4. The van der Waals surface area contributed by atoms with Gasteiger partial charge in [-0.1, -0.05) is 6.58 Å². The van der Waals surface area contributed by atoms with E-state index in [1.165, 1.54) is 12.1 Å². The van der Waals surface area contributed by atoms with Gasteiger partial charge in [0.25, 0.3) is 0 Å². The van der Waals surface area contributed by atoms with Gasteiger partial charge in [0.1, 0.15) is 18.2 Å². The summed E-state index contributed by atoms with van der Waals surface area (Å²) in [6, 6.07) is 4.53. The molecule has 74 valence electrons. The minimum Gasteiger partial charge on any atom is -0.491 e. The first-order valence-electron chi connectivity index (χ1n) is 4.51. The van der Waals surface area contributed by atoms with E-state index in [1.807, 2.05) is 11.9 Å². The average molecular weight is 193 g/mol. The first kappa shape index (κ1) is 9.06. The molecule has 1 aromatic carbocycles. The Labute approximate surface area is 82.6 Å². The second kappa shape index (κ2) is 3.33. The van der Waals surface area contributed by atoms with Crippen LogP contribution in [0.5, 0.6) is 5.75 Å². The fraction of sp³-hybridized carbons (Fsp3) is 0.273. The van der Waals surface area contributed by atoms with E-state index in [-0.39, 0.29) is 5.82 Å². The van der Waals surface area contributed by atoms with Crippen LogP contribution in [0.4, 0.5) is 4.39 Å². The van der Waals surface area contributed by atoms with Gasteiger partial charge >= 0.3 is 0 Å². The van der Waals surface area contributed by atoms with Crippen molar-refractivity contribution in [2.45, 2.75) is 0 Å². The highest BCUT2D eigenvalue weighted by Gasteiger charge is 2.15. The number of ether oxygens (including phenoxy) is 1. The lowest BCUT2D eigenvalue weighted by atomic mass is 10.1. The van der Waals surface area contributed by atoms with E-state index >= 15 is 0 Å². The zero-order valence-corrected chi connectivity index (χ0v) is 8.09. The summed E-state index contributed by atoms with van der Waals surface area (Å²) in [6.45, 7) is 5.28. The van der Waals surface area contributed by atoms with Crippen molar-refractivity contribution in [3.63, 3.8) is 0 Å².